The number of sulfone groups is 1. The summed E-state index contributed by atoms with van der Waals surface area (Å²) in [5.41, 5.74) is 5.53. The molecule has 0 spiro atoms. The highest BCUT2D eigenvalue weighted by atomic mass is 79.9. The summed E-state index contributed by atoms with van der Waals surface area (Å²) in [5, 5.41) is 4.03. The van der Waals surface area contributed by atoms with Crippen LogP contribution in [0.4, 0.5) is 5.82 Å². The van der Waals surface area contributed by atoms with E-state index in [9.17, 15) is 8.42 Å². The minimum Gasteiger partial charge on any atom is -0.381 e. The average molecular weight is 280 g/mol. The molecule has 14 heavy (non-hydrogen) atoms. The van der Waals surface area contributed by atoms with E-state index < -0.39 is 9.84 Å². The van der Waals surface area contributed by atoms with Crippen LogP contribution in [-0.4, -0.2) is 29.7 Å². The third-order valence-corrected chi connectivity index (χ3v) is 4.74. The van der Waals surface area contributed by atoms with E-state index in [1.165, 1.54) is 0 Å². The first kappa shape index (κ1) is 9.97. The Morgan fingerprint density at radius 1 is 1.64 bits per heavy atom. The fourth-order valence-electron chi connectivity index (χ4n) is 1.54. The van der Waals surface area contributed by atoms with Crippen molar-refractivity contribution in [1.29, 1.82) is 0 Å². The van der Waals surface area contributed by atoms with E-state index in [0.29, 0.717) is 12.4 Å². The third kappa shape index (κ3) is 1.93. The zero-order valence-corrected chi connectivity index (χ0v) is 9.75. The summed E-state index contributed by atoms with van der Waals surface area (Å²) < 4.78 is 24.2. The molecule has 0 atom stereocenters. The summed E-state index contributed by atoms with van der Waals surface area (Å²) >= 11 is 3.24. The van der Waals surface area contributed by atoms with Gasteiger partial charge in [0.25, 0.3) is 0 Å². The molecule has 0 radical (unpaired) electrons. The Hall–Kier alpha value is -0.560. The maximum atomic E-state index is 10.9. The van der Waals surface area contributed by atoms with E-state index in [2.05, 4.69) is 21.0 Å². The molecule has 7 heteroatoms. The Morgan fingerprint density at radius 2 is 2.29 bits per heavy atom. The van der Waals surface area contributed by atoms with Crippen molar-refractivity contribution in [3.63, 3.8) is 0 Å². The third-order valence-electron chi connectivity index (χ3n) is 2.17. The maximum absolute atomic E-state index is 10.9. The minimum absolute atomic E-state index is 0.186. The van der Waals surface area contributed by atoms with Crippen molar-refractivity contribution in [1.82, 2.24) is 9.78 Å². The second-order valence-electron chi connectivity index (χ2n) is 3.53. The van der Waals surface area contributed by atoms with Crippen LogP contribution in [0.5, 0.6) is 0 Å². The molecule has 1 aliphatic heterocycles. The van der Waals surface area contributed by atoms with Gasteiger partial charge in [-0.25, -0.2) is 8.42 Å². The number of rotatable bonds is 2. The molecule has 0 amide bonds. The topological polar surface area (TPSA) is 78.0 Å². The zero-order chi connectivity index (χ0) is 10.3. The molecule has 0 aliphatic carbocycles. The van der Waals surface area contributed by atoms with Crippen LogP contribution in [0.2, 0.25) is 0 Å². The summed E-state index contributed by atoms with van der Waals surface area (Å²) in [6.07, 6.45) is 1.76. The largest absolute Gasteiger partial charge is 0.381 e. The lowest BCUT2D eigenvalue weighted by Crippen LogP contribution is -2.39. The van der Waals surface area contributed by atoms with Gasteiger partial charge >= 0.3 is 0 Å². The van der Waals surface area contributed by atoms with Crippen LogP contribution in [0, 0.1) is 5.92 Å². The number of halogens is 1. The number of anilines is 1. The van der Waals surface area contributed by atoms with Crippen LogP contribution in [0.25, 0.3) is 0 Å². The lowest BCUT2D eigenvalue weighted by atomic mass is 10.2. The lowest BCUT2D eigenvalue weighted by molar-refractivity contribution is 0.443. The fraction of sp³-hybridized carbons (Fsp3) is 0.571. The van der Waals surface area contributed by atoms with Gasteiger partial charge in [0.15, 0.2) is 15.7 Å². The number of nitrogens with zero attached hydrogens (tertiary/aromatic N) is 2. The van der Waals surface area contributed by atoms with Crippen molar-refractivity contribution in [3.8, 4) is 0 Å². The lowest BCUT2D eigenvalue weighted by Gasteiger charge is -2.25. The first-order chi connectivity index (χ1) is 6.46. The van der Waals surface area contributed by atoms with E-state index in [1.54, 1.807) is 10.9 Å². The van der Waals surface area contributed by atoms with Gasteiger partial charge in [0.05, 0.1) is 16.0 Å². The Balaban J connectivity index is 2.00. The van der Waals surface area contributed by atoms with E-state index in [-0.39, 0.29) is 17.4 Å². The highest BCUT2D eigenvalue weighted by Gasteiger charge is 2.33. The summed E-state index contributed by atoms with van der Waals surface area (Å²) in [5.74, 6) is 1.16. The quantitative estimate of drug-likeness (QED) is 0.843. The van der Waals surface area contributed by atoms with Crippen LogP contribution in [0.15, 0.2) is 10.7 Å². The van der Waals surface area contributed by atoms with E-state index in [0.717, 1.165) is 4.47 Å². The molecule has 2 N–H and O–H groups in total. The Bertz CT molecular complexity index is 422. The monoisotopic (exact) mass is 279 g/mol. The Kier molecular flexibility index (Phi) is 2.30. The standard InChI is InChI=1S/C7H10BrN3O2S/c8-6-2-11(10-7(6)9)1-5-3-14(12,13)4-5/h2,5H,1,3-4H2,(H2,9,10). The van der Waals surface area contributed by atoms with Gasteiger partial charge in [-0.1, -0.05) is 0 Å². The smallest absolute Gasteiger partial charge is 0.159 e. The first-order valence-electron chi connectivity index (χ1n) is 4.15. The van der Waals surface area contributed by atoms with Crippen molar-refractivity contribution in [2.75, 3.05) is 17.2 Å². The number of nitrogen functional groups attached to an aromatic ring is 1. The van der Waals surface area contributed by atoms with Crippen LogP contribution in [0.1, 0.15) is 0 Å². The van der Waals surface area contributed by atoms with Crippen molar-refractivity contribution >= 4 is 31.6 Å². The highest BCUT2D eigenvalue weighted by Crippen LogP contribution is 2.22. The second kappa shape index (κ2) is 3.23. The molecule has 0 saturated carbocycles. The Morgan fingerprint density at radius 3 is 2.71 bits per heavy atom. The van der Waals surface area contributed by atoms with Crippen LogP contribution in [0.3, 0.4) is 0 Å². The zero-order valence-electron chi connectivity index (χ0n) is 7.35. The molecular formula is C7H10BrN3O2S. The molecule has 1 aromatic heterocycles. The second-order valence-corrected chi connectivity index (χ2v) is 6.54. The number of hydrogen-bond acceptors (Lipinski definition) is 4. The average Bonchev–Trinajstić information content (AvgIpc) is 2.27. The van der Waals surface area contributed by atoms with Gasteiger partial charge in [-0.05, 0) is 15.9 Å². The molecule has 78 valence electrons. The number of aromatic nitrogens is 2. The van der Waals surface area contributed by atoms with Gasteiger partial charge in [-0.15, -0.1) is 0 Å². The normalized spacial score (nSPS) is 20.6. The van der Waals surface area contributed by atoms with E-state index in [4.69, 9.17) is 5.73 Å². The molecular weight excluding hydrogens is 270 g/mol. The van der Waals surface area contributed by atoms with Crippen molar-refractivity contribution in [2.24, 2.45) is 5.92 Å². The molecule has 0 unspecified atom stereocenters. The van der Waals surface area contributed by atoms with Gasteiger partial charge < -0.3 is 5.73 Å². The molecule has 0 aromatic carbocycles. The van der Waals surface area contributed by atoms with Crippen LogP contribution >= 0.6 is 15.9 Å². The number of nitrogens with two attached hydrogens (primary N) is 1. The molecule has 1 fully saturated rings. The van der Waals surface area contributed by atoms with Crippen molar-refractivity contribution < 1.29 is 8.42 Å². The van der Waals surface area contributed by atoms with Gasteiger partial charge in [0, 0.05) is 18.7 Å². The van der Waals surface area contributed by atoms with Crippen LogP contribution in [-0.2, 0) is 16.4 Å². The van der Waals surface area contributed by atoms with E-state index >= 15 is 0 Å². The molecule has 1 aliphatic rings. The molecule has 1 aromatic rings. The Labute approximate surface area is 90.3 Å². The summed E-state index contributed by atoms with van der Waals surface area (Å²) in [6.45, 7) is 0.620. The SMILES string of the molecule is Nc1nn(CC2CS(=O)(=O)C2)cc1Br. The molecule has 2 rings (SSSR count). The molecule has 2 heterocycles. The predicted molar refractivity (Wildman–Crippen MR) is 56.5 cm³/mol. The van der Waals surface area contributed by atoms with Gasteiger partial charge in [-0.2, -0.15) is 5.10 Å². The van der Waals surface area contributed by atoms with Gasteiger partial charge in [0.1, 0.15) is 0 Å². The molecule has 5 nitrogen and oxygen atoms in total. The maximum Gasteiger partial charge on any atom is 0.159 e. The van der Waals surface area contributed by atoms with Crippen LogP contribution < -0.4 is 5.73 Å². The molecule has 1 saturated heterocycles. The summed E-state index contributed by atoms with van der Waals surface area (Å²) in [6, 6.07) is 0. The fourth-order valence-corrected chi connectivity index (χ4v) is 3.41. The summed E-state index contributed by atoms with van der Waals surface area (Å²) in [4.78, 5) is 0. The van der Waals surface area contributed by atoms with Crippen molar-refractivity contribution in [2.45, 2.75) is 6.54 Å². The van der Waals surface area contributed by atoms with Crippen molar-refractivity contribution in [3.05, 3.63) is 10.7 Å². The highest BCUT2D eigenvalue weighted by molar-refractivity contribution is 9.10. The van der Waals surface area contributed by atoms with E-state index in [1.807, 2.05) is 0 Å². The minimum atomic E-state index is -2.74. The first-order valence-corrected chi connectivity index (χ1v) is 6.76. The predicted octanol–water partition coefficient (Wildman–Crippen LogP) is 0.272. The van der Waals surface area contributed by atoms with Gasteiger partial charge in [0.2, 0.25) is 0 Å². The number of hydrogen-bond donors (Lipinski definition) is 1. The molecule has 0 bridgehead atoms. The van der Waals surface area contributed by atoms with Gasteiger partial charge in [-0.3, -0.25) is 4.68 Å². The summed E-state index contributed by atoms with van der Waals surface area (Å²) in [7, 11) is -2.74.